The summed E-state index contributed by atoms with van der Waals surface area (Å²) in [6.45, 7) is -0.177. The molecular formula is C20H14N4O4S. The van der Waals surface area contributed by atoms with E-state index in [1.807, 2.05) is 36.4 Å². The van der Waals surface area contributed by atoms with Gasteiger partial charge in [-0.05, 0) is 22.9 Å². The third-order valence-corrected chi connectivity index (χ3v) is 4.95. The van der Waals surface area contributed by atoms with Gasteiger partial charge in [-0.2, -0.15) is 0 Å². The lowest BCUT2D eigenvalue weighted by atomic mass is 10.1. The number of nitro benzene ring substituents is 1. The van der Waals surface area contributed by atoms with Gasteiger partial charge in [0, 0.05) is 17.7 Å². The van der Waals surface area contributed by atoms with Crippen LogP contribution in [-0.2, 0) is 4.79 Å². The van der Waals surface area contributed by atoms with E-state index in [2.05, 4.69) is 15.5 Å². The molecule has 0 aliphatic carbocycles. The quantitative estimate of drug-likeness (QED) is 0.378. The van der Waals surface area contributed by atoms with Crippen LogP contribution in [0.5, 0.6) is 5.75 Å². The van der Waals surface area contributed by atoms with Gasteiger partial charge in [0.05, 0.1) is 4.92 Å². The van der Waals surface area contributed by atoms with Gasteiger partial charge in [-0.3, -0.25) is 20.2 Å². The molecule has 1 amide bonds. The number of aromatic nitrogens is 2. The summed E-state index contributed by atoms with van der Waals surface area (Å²) in [6, 6.07) is 19.6. The number of carbonyl (C=O) groups is 1. The van der Waals surface area contributed by atoms with E-state index in [0.717, 1.165) is 22.1 Å². The summed E-state index contributed by atoms with van der Waals surface area (Å²) in [7, 11) is 0. The Labute approximate surface area is 168 Å². The molecule has 0 bridgehead atoms. The zero-order valence-corrected chi connectivity index (χ0v) is 15.8. The lowest BCUT2D eigenvalue weighted by Gasteiger charge is -2.06. The first-order valence-corrected chi connectivity index (χ1v) is 9.40. The smallest absolute Gasteiger partial charge is 0.270 e. The monoisotopic (exact) mass is 406 g/mol. The molecule has 1 N–H and O–H groups in total. The molecule has 4 rings (SSSR count). The molecule has 0 fully saturated rings. The van der Waals surface area contributed by atoms with Gasteiger partial charge in [-0.15, -0.1) is 10.2 Å². The van der Waals surface area contributed by atoms with Crippen molar-refractivity contribution in [2.24, 2.45) is 0 Å². The molecule has 144 valence electrons. The minimum Gasteiger partial charge on any atom is -0.484 e. The van der Waals surface area contributed by atoms with Crippen LogP contribution in [0.2, 0.25) is 0 Å². The maximum atomic E-state index is 12.2. The van der Waals surface area contributed by atoms with Gasteiger partial charge in [-0.1, -0.05) is 53.8 Å². The standard InChI is InChI=1S/C20H14N4O4S/c25-18(12-28-17-9-8-13-4-1-2-5-14(13)11-17)21-20-23-22-19(29-20)15-6-3-7-16(10-15)24(26)27/h1-11H,12H2,(H,21,23,25). The number of rotatable bonds is 6. The van der Waals surface area contributed by atoms with Crippen molar-refractivity contribution in [2.75, 3.05) is 11.9 Å². The summed E-state index contributed by atoms with van der Waals surface area (Å²) in [6.07, 6.45) is 0. The van der Waals surface area contributed by atoms with Gasteiger partial charge < -0.3 is 4.74 Å². The molecule has 8 nitrogen and oxygen atoms in total. The molecule has 29 heavy (non-hydrogen) atoms. The molecule has 0 spiro atoms. The van der Waals surface area contributed by atoms with Crippen LogP contribution in [0.4, 0.5) is 10.8 Å². The zero-order valence-electron chi connectivity index (χ0n) is 14.9. The molecule has 4 aromatic rings. The number of hydrogen-bond acceptors (Lipinski definition) is 7. The molecule has 0 aliphatic heterocycles. The van der Waals surface area contributed by atoms with Crippen LogP contribution in [0.1, 0.15) is 0 Å². The summed E-state index contributed by atoms with van der Waals surface area (Å²) in [5, 5.41) is 24.3. The number of hydrogen-bond donors (Lipinski definition) is 1. The molecule has 0 atom stereocenters. The first-order chi connectivity index (χ1) is 14.1. The maximum absolute atomic E-state index is 12.2. The molecule has 9 heteroatoms. The highest BCUT2D eigenvalue weighted by molar-refractivity contribution is 7.18. The van der Waals surface area contributed by atoms with E-state index in [9.17, 15) is 14.9 Å². The number of carbonyl (C=O) groups excluding carboxylic acids is 1. The second-order valence-corrected chi connectivity index (χ2v) is 7.04. The van der Waals surface area contributed by atoms with E-state index < -0.39 is 4.92 Å². The first kappa shape index (κ1) is 18.5. The van der Waals surface area contributed by atoms with Crippen LogP contribution >= 0.6 is 11.3 Å². The number of nitro groups is 1. The molecule has 0 saturated heterocycles. The fourth-order valence-corrected chi connectivity index (χ4v) is 3.46. The average Bonchev–Trinajstić information content (AvgIpc) is 3.20. The van der Waals surface area contributed by atoms with Crippen molar-refractivity contribution >= 4 is 38.8 Å². The lowest BCUT2D eigenvalue weighted by molar-refractivity contribution is -0.384. The van der Waals surface area contributed by atoms with Crippen LogP contribution in [0.25, 0.3) is 21.3 Å². The summed E-state index contributed by atoms with van der Waals surface area (Å²) >= 11 is 1.13. The highest BCUT2D eigenvalue weighted by atomic mass is 32.1. The number of amides is 1. The van der Waals surface area contributed by atoms with E-state index in [-0.39, 0.29) is 18.2 Å². The van der Waals surface area contributed by atoms with Crippen molar-refractivity contribution in [3.05, 3.63) is 76.8 Å². The maximum Gasteiger partial charge on any atom is 0.270 e. The Morgan fingerprint density at radius 1 is 1.03 bits per heavy atom. The van der Waals surface area contributed by atoms with Crippen molar-refractivity contribution in [3.8, 4) is 16.3 Å². The number of anilines is 1. The van der Waals surface area contributed by atoms with Crippen LogP contribution in [0.15, 0.2) is 66.7 Å². The topological polar surface area (TPSA) is 107 Å². The summed E-state index contributed by atoms with van der Waals surface area (Å²) in [4.78, 5) is 22.6. The minimum absolute atomic E-state index is 0.0351. The van der Waals surface area contributed by atoms with E-state index in [1.54, 1.807) is 18.2 Å². The molecule has 0 aliphatic rings. The van der Waals surface area contributed by atoms with Gasteiger partial charge in [0.1, 0.15) is 10.8 Å². The Kier molecular flexibility index (Phi) is 5.12. The Bertz CT molecular complexity index is 1210. The van der Waals surface area contributed by atoms with Crippen molar-refractivity contribution in [1.29, 1.82) is 0 Å². The molecular weight excluding hydrogens is 392 g/mol. The predicted octanol–water partition coefficient (Wildman–Crippen LogP) is 4.28. The largest absolute Gasteiger partial charge is 0.484 e. The molecule has 1 heterocycles. The lowest BCUT2D eigenvalue weighted by Crippen LogP contribution is -2.20. The summed E-state index contributed by atoms with van der Waals surface area (Å²) < 4.78 is 5.55. The fourth-order valence-electron chi connectivity index (χ4n) is 2.70. The van der Waals surface area contributed by atoms with Crippen molar-refractivity contribution in [2.45, 2.75) is 0 Å². The summed E-state index contributed by atoms with van der Waals surface area (Å²) in [5.74, 6) is 0.216. The van der Waals surface area contributed by atoms with Gasteiger partial charge in [0.2, 0.25) is 5.13 Å². The van der Waals surface area contributed by atoms with E-state index >= 15 is 0 Å². The second kappa shape index (κ2) is 8.03. The normalized spacial score (nSPS) is 10.6. The molecule has 0 saturated carbocycles. The molecule has 3 aromatic carbocycles. The van der Waals surface area contributed by atoms with Crippen molar-refractivity contribution in [1.82, 2.24) is 10.2 Å². The average molecular weight is 406 g/mol. The number of non-ortho nitro benzene ring substituents is 1. The Balaban J connectivity index is 1.38. The van der Waals surface area contributed by atoms with Crippen LogP contribution in [-0.4, -0.2) is 27.6 Å². The minimum atomic E-state index is -0.475. The fraction of sp³-hybridized carbons (Fsp3) is 0.0500. The highest BCUT2D eigenvalue weighted by Crippen LogP contribution is 2.28. The number of nitrogens with one attached hydrogen (secondary N) is 1. The third kappa shape index (κ3) is 4.36. The SMILES string of the molecule is O=C(COc1ccc2ccccc2c1)Nc1nnc(-c2cccc([N+](=O)[O-])c2)s1. The van der Waals surface area contributed by atoms with Crippen LogP contribution in [0, 0.1) is 10.1 Å². The highest BCUT2D eigenvalue weighted by Gasteiger charge is 2.13. The molecule has 0 unspecified atom stereocenters. The van der Waals surface area contributed by atoms with Crippen LogP contribution < -0.4 is 10.1 Å². The van der Waals surface area contributed by atoms with Gasteiger partial charge in [0.25, 0.3) is 11.6 Å². The number of ether oxygens (including phenoxy) is 1. The third-order valence-electron chi connectivity index (χ3n) is 4.07. The van der Waals surface area contributed by atoms with Crippen LogP contribution in [0.3, 0.4) is 0 Å². The van der Waals surface area contributed by atoms with Gasteiger partial charge in [0.15, 0.2) is 6.61 Å². The Hall–Kier alpha value is -3.85. The molecule has 0 radical (unpaired) electrons. The Morgan fingerprint density at radius 2 is 1.86 bits per heavy atom. The Morgan fingerprint density at radius 3 is 2.69 bits per heavy atom. The zero-order chi connectivity index (χ0) is 20.2. The second-order valence-electron chi connectivity index (χ2n) is 6.07. The van der Waals surface area contributed by atoms with Crippen molar-refractivity contribution in [3.63, 3.8) is 0 Å². The molecule has 1 aromatic heterocycles. The first-order valence-electron chi connectivity index (χ1n) is 8.58. The van der Waals surface area contributed by atoms with E-state index in [0.29, 0.717) is 21.5 Å². The van der Waals surface area contributed by atoms with E-state index in [4.69, 9.17) is 4.74 Å². The van der Waals surface area contributed by atoms with E-state index in [1.165, 1.54) is 12.1 Å². The van der Waals surface area contributed by atoms with Crippen molar-refractivity contribution < 1.29 is 14.5 Å². The van der Waals surface area contributed by atoms with Gasteiger partial charge >= 0.3 is 0 Å². The predicted molar refractivity (Wildman–Crippen MR) is 110 cm³/mol. The number of fused-ring (bicyclic) bond motifs is 1. The van der Waals surface area contributed by atoms with Gasteiger partial charge in [-0.25, -0.2) is 0 Å². The number of benzene rings is 3. The number of nitrogens with zero attached hydrogens (tertiary/aromatic N) is 3. The summed E-state index contributed by atoms with van der Waals surface area (Å²) in [5.41, 5.74) is 0.525.